The van der Waals surface area contributed by atoms with Crippen molar-refractivity contribution in [2.45, 2.75) is 37.0 Å². The minimum absolute atomic E-state index is 0.0833. The highest BCUT2D eigenvalue weighted by Gasteiger charge is 2.18. The Balaban J connectivity index is 2.15. The van der Waals surface area contributed by atoms with Gasteiger partial charge in [-0.3, -0.25) is 4.79 Å². The SMILES string of the molecule is CNC(=O)c1cc(S(=O)(=O)NC)ccc1NCCC1CCCC1. The van der Waals surface area contributed by atoms with Gasteiger partial charge in [0.2, 0.25) is 10.0 Å². The topological polar surface area (TPSA) is 87.3 Å². The Hall–Kier alpha value is -1.60. The molecule has 23 heavy (non-hydrogen) atoms. The molecule has 7 heteroatoms. The number of rotatable bonds is 7. The summed E-state index contributed by atoms with van der Waals surface area (Å²) in [5, 5.41) is 5.83. The Kier molecular flexibility index (Phi) is 6.01. The van der Waals surface area contributed by atoms with Crippen LogP contribution in [0.3, 0.4) is 0 Å². The van der Waals surface area contributed by atoms with Gasteiger partial charge in [-0.2, -0.15) is 0 Å². The molecule has 0 atom stereocenters. The number of benzene rings is 1. The van der Waals surface area contributed by atoms with E-state index in [1.165, 1.54) is 51.9 Å². The normalized spacial score (nSPS) is 15.6. The summed E-state index contributed by atoms with van der Waals surface area (Å²) in [7, 11) is -0.689. The molecule has 1 amide bonds. The van der Waals surface area contributed by atoms with Crippen molar-refractivity contribution in [3.8, 4) is 0 Å². The van der Waals surface area contributed by atoms with Crippen LogP contribution in [0, 0.1) is 5.92 Å². The van der Waals surface area contributed by atoms with Crippen LogP contribution in [-0.2, 0) is 10.0 Å². The first-order valence-corrected chi connectivity index (χ1v) is 9.50. The molecule has 0 spiro atoms. The van der Waals surface area contributed by atoms with Gasteiger partial charge < -0.3 is 10.6 Å². The zero-order valence-electron chi connectivity index (χ0n) is 13.7. The lowest BCUT2D eigenvalue weighted by molar-refractivity contribution is 0.0963. The fourth-order valence-corrected chi connectivity index (χ4v) is 3.75. The van der Waals surface area contributed by atoms with E-state index in [1.807, 2.05) is 0 Å². The predicted octanol–water partition coefficient (Wildman–Crippen LogP) is 1.95. The Morgan fingerprint density at radius 3 is 2.52 bits per heavy atom. The van der Waals surface area contributed by atoms with E-state index in [0.717, 1.165) is 18.9 Å². The van der Waals surface area contributed by atoms with Crippen LogP contribution in [0.4, 0.5) is 5.69 Å². The molecule has 0 bridgehead atoms. The second-order valence-corrected chi connectivity index (χ2v) is 7.75. The summed E-state index contributed by atoms with van der Waals surface area (Å²) < 4.78 is 26.1. The fourth-order valence-electron chi connectivity index (χ4n) is 3.00. The Labute approximate surface area is 138 Å². The third-order valence-corrected chi connectivity index (χ3v) is 5.80. The zero-order chi connectivity index (χ0) is 16.9. The number of anilines is 1. The molecule has 2 rings (SSSR count). The molecule has 0 aromatic heterocycles. The van der Waals surface area contributed by atoms with E-state index in [9.17, 15) is 13.2 Å². The van der Waals surface area contributed by atoms with Gasteiger partial charge in [0.1, 0.15) is 0 Å². The monoisotopic (exact) mass is 339 g/mol. The highest BCUT2D eigenvalue weighted by molar-refractivity contribution is 7.89. The van der Waals surface area contributed by atoms with Crippen LogP contribution in [0.2, 0.25) is 0 Å². The Morgan fingerprint density at radius 1 is 1.22 bits per heavy atom. The van der Waals surface area contributed by atoms with E-state index >= 15 is 0 Å². The van der Waals surface area contributed by atoms with Crippen LogP contribution >= 0.6 is 0 Å². The van der Waals surface area contributed by atoms with E-state index in [2.05, 4.69) is 15.4 Å². The number of carbonyl (C=O) groups is 1. The molecule has 1 fully saturated rings. The smallest absolute Gasteiger partial charge is 0.253 e. The maximum Gasteiger partial charge on any atom is 0.253 e. The number of hydrogen-bond donors (Lipinski definition) is 3. The summed E-state index contributed by atoms with van der Waals surface area (Å²) in [4.78, 5) is 12.1. The number of sulfonamides is 1. The van der Waals surface area contributed by atoms with Crippen molar-refractivity contribution < 1.29 is 13.2 Å². The molecule has 6 nitrogen and oxygen atoms in total. The van der Waals surface area contributed by atoms with Gasteiger partial charge in [-0.05, 0) is 37.6 Å². The number of carbonyl (C=O) groups excluding carboxylic acids is 1. The molecule has 1 aromatic carbocycles. The van der Waals surface area contributed by atoms with Crippen molar-refractivity contribution in [3.63, 3.8) is 0 Å². The van der Waals surface area contributed by atoms with Crippen molar-refractivity contribution in [2.75, 3.05) is 26.0 Å². The van der Waals surface area contributed by atoms with Crippen LogP contribution in [0.1, 0.15) is 42.5 Å². The van der Waals surface area contributed by atoms with E-state index in [4.69, 9.17) is 0 Å². The molecule has 1 aromatic rings. The Morgan fingerprint density at radius 2 is 1.91 bits per heavy atom. The fraction of sp³-hybridized carbons (Fsp3) is 0.562. The van der Waals surface area contributed by atoms with Gasteiger partial charge in [-0.1, -0.05) is 25.7 Å². The molecular weight excluding hydrogens is 314 g/mol. The summed E-state index contributed by atoms with van der Waals surface area (Å²) in [6, 6.07) is 4.57. The van der Waals surface area contributed by atoms with Gasteiger partial charge in [0.15, 0.2) is 0 Å². The average molecular weight is 339 g/mol. The number of amides is 1. The van der Waals surface area contributed by atoms with Crippen LogP contribution in [0.5, 0.6) is 0 Å². The standard InChI is InChI=1S/C16H25N3O3S/c1-17-16(20)14-11-13(23(21,22)18-2)7-8-15(14)19-10-9-12-5-3-4-6-12/h7-8,11-12,18-19H,3-6,9-10H2,1-2H3,(H,17,20). The van der Waals surface area contributed by atoms with Crippen LogP contribution in [-0.4, -0.2) is 35.0 Å². The second kappa shape index (κ2) is 7.79. The lowest BCUT2D eigenvalue weighted by Crippen LogP contribution is -2.23. The molecule has 0 radical (unpaired) electrons. The molecule has 1 aliphatic carbocycles. The third kappa shape index (κ3) is 4.45. The summed E-state index contributed by atoms with van der Waals surface area (Å²) in [6.07, 6.45) is 6.26. The number of nitrogens with one attached hydrogen (secondary N) is 3. The summed E-state index contributed by atoms with van der Waals surface area (Å²) in [6.45, 7) is 0.785. The van der Waals surface area contributed by atoms with Gasteiger partial charge in [0, 0.05) is 19.3 Å². The highest BCUT2D eigenvalue weighted by Crippen LogP contribution is 2.28. The molecule has 0 saturated heterocycles. The second-order valence-electron chi connectivity index (χ2n) is 5.86. The molecule has 0 aliphatic heterocycles. The first kappa shape index (κ1) is 17.7. The summed E-state index contributed by atoms with van der Waals surface area (Å²) in [5.41, 5.74) is 1.01. The average Bonchev–Trinajstić information content (AvgIpc) is 3.07. The first-order valence-electron chi connectivity index (χ1n) is 8.01. The quantitative estimate of drug-likeness (QED) is 0.708. The predicted molar refractivity (Wildman–Crippen MR) is 91.1 cm³/mol. The van der Waals surface area contributed by atoms with Gasteiger partial charge in [0.25, 0.3) is 5.91 Å². The Bertz CT molecular complexity index is 653. The maximum absolute atomic E-state index is 12.1. The van der Waals surface area contributed by atoms with Crippen LogP contribution < -0.4 is 15.4 Å². The van der Waals surface area contributed by atoms with Crippen LogP contribution in [0.15, 0.2) is 23.1 Å². The molecule has 0 heterocycles. The van der Waals surface area contributed by atoms with Crippen molar-refractivity contribution in [3.05, 3.63) is 23.8 Å². The highest BCUT2D eigenvalue weighted by atomic mass is 32.2. The van der Waals surface area contributed by atoms with Gasteiger partial charge in [-0.25, -0.2) is 13.1 Å². The summed E-state index contributed by atoms with van der Waals surface area (Å²) >= 11 is 0. The van der Waals surface area contributed by atoms with Crippen molar-refractivity contribution in [2.24, 2.45) is 5.92 Å². The van der Waals surface area contributed by atoms with Gasteiger partial charge >= 0.3 is 0 Å². The van der Waals surface area contributed by atoms with Crippen molar-refractivity contribution in [1.29, 1.82) is 0 Å². The molecule has 1 saturated carbocycles. The lowest BCUT2D eigenvalue weighted by Gasteiger charge is -2.15. The molecule has 3 N–H and O–H groups in total. The van der Waals surface area contributed by atoms with E-state index in [1.54, 1.807) is 6.07 Å². The summed E-state index contributed by atoms with van der Waals surface area (Å²) in [5.74, 6) is 0.455. The van der Waals surface area contributed by atoms with Crippen LogP contribution in [0.25, 0.3) is 0 Å². The van der Waals surface area contributed by atoms with E-state index in [0.29, 0.717) is 11.3 Å². The molecule has 128 valence electrons. The third-order valence-electron chi connectivity index (χ3n) is 4.38. The molecule has 1 aliphatic rings. The lowest BCUT2D eigenvalue weighted by atomic mass is 10.0. The minimum Gasteiger partial charge on any atom is -0.384 e. The molecular formula is C16H25N3O3S. The van der Waals surface area contributed by atoms with Crippen molar-refractivity contribution >= 4 is 21.6 Å². The number of hydrogen-bond acceptors (Lipinski definition) is 4. The van der Waals surface area contributed by atoms with Gasteiger partial charge in [-0.15, -0.1) is 0 Å². The maximum atomic E-state index is 12.1. The van der Waals surface area contributed by atoms with E-state index in [-0.39, 0.29) is 10.8 Å². The van der Waals surface area contributed by atoms with Gasteiger partial charge in [0.05, 0.1) is 10.5 Å². The van der Waals surface area contributed by atoms with Crippen molar-refractivity contribution in [1.82, 2.24) is 10.0 Å². The minimum atomic E-state index is -3.57. The largest absolute Gasteiger partial charge is 0.384 e. The first-order chi connectivity index (χ1) is 11.0. The van der Waals surface area contributed by atoms with E-state index < -0.39 is 10.0 Å². The molecule has 0 unspecified atom stereocenters. The zero-order valence-corrected chi connectivity index (χ0v) is 14.5.